The van der Waals surface area contributed by atoms with Crippen LogP contribution in [0, 0.1) is 0 Å². The zero-order chi connectivity index (χ0) is 23.0. The highest BCUT2D eigenvalue weighted by molar-refractivity contribution is 6.30. The molecule has 172 valence electrons. The number of carbonyl (C=O) groups is 2. The number of ether oxygens (including phenoxy) is 1. The Morgan fingerprint density at radius 3 is 2.73 bits per heavy atom. The summed E-state index contributed by atoms with van der Waals surface area (Å²) in [7, 11) is 0. The van der Waals surface area contributed by atoms with Crippen molar-refractivity contribution < 1.29 is 14.3 Å². The molecule has 3 N–H and O–H groups in total. The molecule has 1 aliphatic heterocycles. The van der Waals surface area contributed by atoms with Crippen LogP contribution in [0.5, 0.6) is 0 Å². The van der Waals surface area contributed by atoms with E-state index in [1.807, 2.05) is 36.4 Å². The van der Waals surface area contributed by atoms with Gasteiger partial charge in [0.2, 0.25) is 5.91 Å². The summed E-state index contributed by atoms with van der Waals surface area (Å²) < 4.78 is 5.33. The van der Waals surface area contributed by atoms with Crippen molar-refractivity contribution in [3.05, 3.63) is 70.9 Å². The fourth-order valence-corrected chi connectivity index (χ4v) is 3.77. The van der Waals surface area contributed by atoms with E-state index in [9.17, 15) is 9.59 Å². The topological polar surface area (TPSA) is 99.3 Å². The first-order valence-electron chi connectivity index (χ1n) is 10.9. The van der Waals surface area contributed by atoms with Gasteiger partial charge in [0, 0.05) is 48.9 Å². The maximum absolute atomic E-state index is 12.5. The number of halogens is 1. The van der Waals surface area contributed by atoms with Crippen LogP contribution in [-0.4, -0.2) is 59.8 Å². The van der Waals surface area contributed by atoms with Crippen molar-refractivity contribution in [1.82, 2.24) is 20.4 Å². The third-order valence-electron chi connectivity index (χ3n) is 5.37. The molecule has 0 aliphatic carbocycles. The summed E-state index contributed by atoms with van der Waals surface area (Å²) in [5, 5.41) is 13.4. The largest absolute Gasteiger partial charge is 0.379 e. The van der Waals surface area contributed by atoms with Gasteiger partial charge in [-0.25, -0.2) is 0 Å². The smallest absolute Gasteiger partial charge is 0.269 e. The van der Waals surface area contributed by atoms with Gasteiger partial charge >= 0.3 is 0 Å². The third kappa shape index (κ3) is 6.64. The lowest BCUT2D eigenvalue weighted by Crippen LogP contribution is -2.38. The molecular weight excluding hydrogens is 442 g/mol. The Morgan fingerprint density at radius 1 is 1.09 bits per heavy atom. The fraction of sp³-hybridized carbons (Fsp3) is 0.292. The number of rotatable bonds is 8. The van der Waals surface area contributed by atoms with Gasteiger partial charge in [-0.2, -0.15) is 5.10 Å². The second-order valence-electron chi connectivity index (χ2n) is 7.81. The summed E-state index contributed by atoms with van der Waals surface area (Å²) in [5.74, 6) is -0.301. The van der Waals surface area contributed by atoms with Gasteiger partial charge < -0.3 is 15.4 Å². The summed E-state index contributed by atoms with van der Waals surface area (Å²) >= 11 is 6.03. The minimum Gasteiger partial charge on any atom is -0.379 e. The summed E-state index contributed by atoms with van der Waals surface area (Å²) in [6, 6.07) is 16.4. The molecule has 2 aromatic carbocycles. The molecular formula is C24H26ClN5O3. The number of nitrogens with zero attached hydrogens (tertiary/aromatic N) is 2. The highest BCUT2D eigenvalue weighted by Gasteiger charge is 2.13. The minimum atomic E-state index is -0.268. The second-order valence-corrected chi connectivity index (χ2v) is 8.25. The SMILES string of the molecule is O=C(CCN1CCOCC1)Nc1cccc(CNC(=O)c2cc(-c3cccc(Cl)c3)n[nH]2)c1. The van der Waals surface area contributed by atoms with Crippen molar-refractivity contribution in [2.24, 2.45) is 0 Å². The maximum Gasteiger partial charge on any atom is 0.269 e. The summed E-state index contributed by atoms with van der Waals surface area (Å²) in [4.78, 5) is 27.1. The van der Waals surface area contributed by atoms with Gasteiger partial charge in [-0.3, -0.25) is 19.6 Å². The predicted octanol–water partition coefficient (Wildman–Crippen LogP) is 3.32. The van der Waals surface area contributed by atoms with Crippen molar-refractivity contribution in [2.45, 2.75) is 13.0 Å². The van der Waals surface area contributed by atoms with Crippen LogP contribution < -0.4 is 10.6 Å². The number of morpholine rings is 1. The van der Waals surface area contributed by atoms with Crippen molar-refractivity contribution in [2.75, 3.05) is 38.2 Å². The van der Waals surface area contributed by atoms with Crippen molar-refractivity contribution in [3.8, 4) is 11.3 Å². The van der Waals surface area contributed by atoms with E-state index in [4.69, 9.17) is 16.3 Å². The van der Waals surface area contributed by atoms with Gasteiger partial charge in [-0.05, 0) is 35.9 Å². The van der Waals surface area contributed by atoms with Crippen molar-refractivity contribution in [1.29, 1.82) is 0 Å². The Hall–Kier alpha value is -3.20. The number of aromatic amines is 1. The van der Waals surface area contributed by atoms with E-state index in [0.29, 0.717) is 41.6 Å². The lowest BCUT2D eigenvalue weighted by Gasteiger charge is -2.26. The van der Waals surface area contributed by atoms with E-state index < -0.39 is 0 Å². The molecule has 0 bridgehead atoms. The first-order valence-corrected chi connectivity index (χ1v) is 11.2. The van der Waals surface area contributed by atoms with Gasteiger partial charge in [0.15, 0.2) is 0 Å². The number of hydrogen-bond acceptors (Lipinski definition) is 5. The normalized spacial score (nSPS) is 14.1. The lowest BCUT2D eigenvalue weighted by molar-refractivity contribution is -0.116. The standard InChI is InChI=1S/C24H26ClN5O3/c25-19-5-2-4-18(14-19)21-15-22(29-28-21)24(32)26-16-17-3-1-6-20(13-17)27-23(31)7-8-30-9-11-33-12-10-30/h1-6,13-15H,7-12,16H2,(H,26,32)(H,27,31)(H,28,29). The highest BCUT2D eigenvalue weighted by atomic mass is 35.5. The van der Waals surface area contributed by atoms with Crippen LogP contribution in [-0.2, 0) is 16.1 Å². The Morgan fingerprint density at radius 2 is 1.91 bits per heavy atom. The number of carbonyl (C=O) groups excluding carboxylic acids is 2. The molecule has 1 aliphatic rings. The Labute approximate surface area is 197 Å². The quantitative estimate of drug-likeness (QED) is 0.472. The number of benzene rings is 2. The van der Waals surface area contributed by atoms with E-state index in [1.165, 1.54) is 0 Å². The highest BCUT2D eigenvalue weighted by Crippen LogP contribution is 2.21. The monoisotopic (exact) mass is 467 g/mol. The van der Waals surface area contributed by atoms with Crippen LogP contribution in [0.3, 0.4) is 0 Å². The summed E-state index contributed by atoms with van der Waals surface area (Å²) in [6.45, 7) is 4.19. The first-order chi connectivity index (χ1) is 16.1. The second kappa shape index (κ2) is 11.1. The molecule has 0 radical (unpaired) electrons. The number of anilines is 1. The number of hydrogen-bond donors (Lipinski definition) is 3. The molecule has 1 aromatic heterocycles. The van der Waals surface area contributed by atoms with Crippen LogP contribution in [0.4, 0.5) is 5.69 Å². The van der Waals surface area contributed by atoms with Gasteiger partial charge in [-0.15, -0.1) is 0 Å². The average Bonchev–Trinajstić information content (AvgIpc) is 3.33. The van der Waals surface area contributed by atoms with Gasteiger partial charge in [-0.1, -0.05) is 35.9 Å². The van der Waals surface area contributed by atoms with Crippen LogP contribution >= 0.6 is 11.6 Å². The molecule has 0 atom stereocenters. The minimum absolute atomic E-state index is 0.0336. The van der Waals surface area contributed by atoms with Crippen LogP contribution in [0.15, 0.2) is 54.6 Å². The van der Waals surface area contributed by atoms with Crippen molar-refractivity contribution >= 4 is 29.1 Å². The molecule has 4 rings (SSSR count). The lowest BCUT2D eigenvalue weighted by atomic mass is 10.1. The summed E-state index contributed by atoms with van der Waals surface area (Å²) in [6.07, 6.45) is 0.426. The molecule has 9 heteroatoms. The molecule has 2 amide bonds. The van der Waals surface area contributed by atoms with E-state index in [0.717, 1.165) is 37.4 Å². The number of amides is 2. The molecule has 0 spiro atoms. The average molecular weight is 468 g/mol. The Balaban J connectivity index is 1.28. The molecule has 33 heavy (non-hydrogen) atoms. The van der Waals surface area contributed by atoms with Gasteiger partial charge in [0.1, 0.15) is 5.69 Å². The maximum atomic E-state index is 12.5. The van der Waals surface area contributed by atoms with E-state index >= 15 is 0 Å². The third-order valence-corrected chi connectivity index (χ3v) is 5.60. The summed E-state index contributed by atoms with van der Waals surface area (Å²) in [5.41, 5.74) is 3.42. The predicted molar refractivity (Wildman–Crippen MR) is 127 cm³/mol. The number of aromatic nitrogens is 2. The molecule has 8 nitrogen and oxygen atoms in total. The van der Waals surface area contributed by atoms with Gasteiger partial charge in [0.25, 0.3) is 5.91 Å². The number of H-pyrrole nitrogens is 1. The van der Waals surface area contributed by atoms with E-state index in [-0.39, 0.29) is 11.8 Å². The van der Waals surface area contributed by atoms with E-state index in [2.05, 4.69) is 25.7 Å². The van der Waals surface area contributed by atoms with Crippen LogP contribution in [0.25, 0.3) is 11.3 Å². The van der Waals surface area contributed by atoms with E-state index in [1.54, 1.807) is 18.2 Å². The number of nitrogens with one attached hydrogen (secondary N) is 3. The fourth-order valence-electron chi connectivity index (χ4n) is 3.58. The Kier molecular flexibility index (Phi) is 7.72. The van der Waals surface area contributed by atoms with Crippen molar-refractivity contribution in [3.63, 3.8) is 0 Å². The first kappa shape index (κ1) is 23.0. The molecule has 3 aromatic rings. The zero-order valence-corrected chi connectivity index (χ0v) is 18.9. The Bertz CT molecular complexity index is 1110. The van der Waals surface area contributed by atoms with Gasteiger partial charge in [0.05, 0.1) is 18.9 Å². The zero-order valence-electron chi connectivity index (χ0n) is 18.1. The molecule has 1 saturated heterocycles. The van der Waals surface area contributed by atoms with Crippen LogP contribution in [0.1, 0.15) is 22.5 Å². The van der Waals surface area contributed by atoms with Crippen LogP contribution in [0.2, 0.25) is 5.02 Å². The molecule has 0 unspecified atom stereocenters. The molecule has 0 saturated carbocycles. The molecule has 1 fully saturated rings. The molecule has 2 heterocycles.